The zero-order chi connectivity index (χ0) is 11.1. The van der Waals surface area contributed by atoms with E-state index in [4.69, 9.17) is 0 Å². The first-order chi connectivity index (χ1) is 7.74. The maximum absolute atomic E-state index is 10.8. The fourth-order valence-electron chi connectivity index (χ4n) is 1.78. The maximum atomic E-state index is 10.8. The second-order valence-electron chi connectivity index (χ2n) is 3.64. The number of hydrogen-bond donors (Lipinski definition) is 1. The first-order valence-corrected chi connectivity index (χ1v) is 4.85. The summed E-state index contributed by atoms with van der Waals surface area (Å²) in [6.45, 7) is 0. The van der Waals surface area contributed by atoms with Crippen LogP contribution in [0.2, 0.25) is 0 Å². The van der Waals surface area contributed by atoms with Crippen LogP contribution in [-0.4, -0.2) is 14.7 Å². The molecule has 0 spiro atoms. The Bertz CT molecular complexity index is 705. The van der Waals surface area contributed by atoms with E-state index in [0.29, 0.717) is 5.82 Å². The van der Waals surface area contributed by atoms with Gasteiger partial charge in [0.1, 0.15) is 0 Å². The highest BCUT2D eigenvalue weighted by molar-refractivity contribution is 5.84. The average molecular weight is 215 g/mol. The van der Waals surface area contributed by atoms with Gasteiger partial charge in [-0.2, -0.15) is 0 Å². The minimum absolute atomic E-state index is 0.454. The second-order valence-corrected chi connectivity index (χ2v) is 3.64. The van der Waals surface area contributed by atoms with E-state index >= 15 is 0 Å². The lowest BCUT2D eigenvalue weighted by Gasteiger charge is -1.98. The van der Waals surface area contributed by atoms with E-state index < -0.39 is 5.76 Å². The number of H-pyrrole nitrogens is 1. The van der Waals surface area contributed by atoms with Crippen LogP contribution in [0.5, 0.6) is 0 Å². The number of aryl methyl sites for hydroxylation is 1. The summed E-state index contributed by atoms with van der Waals surface area (Å²) in [6.07, 6.45) is 1.99. The molecule has 80 valence electrons. The van der Waals surface area contributed by atoms with Gasteiger partial charge in [-0.3, -0.25) is 9.51 Å². The zero-order valence-electron chi connectivity index (χ0n) is 8.60. The van der Waals surface area contributed by atoms with Crippen molar-refractivity contribution in [3.63, 3.8) is 0 Å². The van der Waals surface area contributed by atoms with Crippen LogP contribution in [-0.2, 0) is 7.05 Å². The molecule has 3 aromatic rings. The van der Waals surface area contributed by atoms with Crippen molar-refractivity contribution >= 4 is 10.9 Å². The van der Waals surface area contributed by atoms with Crippen molar-refractivity contribution in [2.24, 2.45) is 7.05 Å². The molecule has 0 aliphatic carbocycles. The number of rotatable bonds is 1. The first-order valence-electron chi connectivity index (χ1n) is 4.85. The number of benzene rings is 1. The van der Waals surface area contributed by atoms with Gasteiger partial charge in [0.15, 0.2) is 5.82 Å². The Morgan fingerprint density at radius 3 is 3.00 bits per heavy atom. The summed E-state index contributed by atoms with van der Waals surface area (Å²) in [5.74, 6) is -0.0843. The van der Waals surface area contributed by atoms with Crippen LogP contribution < -0.4 is 5.76 Å². The molecule has 1 N–H and O–H groups in total. The Balaban J connectivity index is 2.22. The SMILES string of the molecule is Cn1ccc2cc(-c3noc(=O)[nH]3)ccc21. The highest BCUT2D eigenvalue weighted by atomic mass is 16.5. The van der Waals surface area contributed by atoms with Crippen molar-refractivity contribution in [3.8, 4) is 11.4 Å². The van der Waals surface area contributed by atoms with Crippen LogP contribution in [0.15, 0.2) is 39.8 Å². The van der Waals surface area contributed by atoms with E-state index in [1.165, 1.54) is 0 Å². The molecule has 1 aromatic carbocycles. The summed E-state index contributed by atoms with van der Waals surface area (Å²) in [5, 5.41) is 4.75. The third kappa shape index (κ3) is 1.25. The molecule has 0 saturated heterocycles. The lowest BCUT2D eigenvalue weighted by molar-refractivity contribution is 0.388. The first kappa shape index (κ1) is 8.96. The molecule has 5 nitrogen and oxygen atoms in total. The zero-order valence-corrected chi connectivity index (χ0v) is 8.60. The van der Waals surface area contributed by atoms with E-state index in [1.54, 1.807) is 0 Å². The molecule has 0 fully saturated rings. The van der Waals surface area contributed by atoms with Crippen LogP contribution >= 0.6 is 0 Å². The van der Waals surface area contributed by atoms with Crippen LogP contribution in [0.4, 0.5) is 0 Å². The number of fused-ring (bicyclic) bond motifs is 1. The van der Waals surface area contributed by atoms with Gasteiger partial charge in [0, 0.05) is 29.7 Å². The van der Waals surface area contributed by atoms with Gasteiger partial charge in [-0.25, -0.2) is 4.79 Å². The summed E-state index contributed by atoms with van der Waals surface area (Å²) >= 11 is 0. The molecule has 0 radical (unpaired) electrons. The topological polar surface area (TPSA) is 63.8 Å². The number of aromatic amines is 1. The lowest BCUT2D eigenvalue weighted by atomic mass is 10.1. The highest BCUT2D eigenvalue weighted by Gasteiger charge is 2.05. The lowest BCUT2D eigenvalue weighted by Crippen LogP contribution is -1.94. The molecule has 2 aromatic heterocycles. The third-order valence-corrected chi connectivity index (χ3v) is 2.60. The van der Waals surface area contributed by atoms with E-state index in [1.807, 2.05) is 42.1 Å². The minimum atomic E-state index is -0.539. The fraction of sp³-hybridized carbons (Fsp3) is 0.0909. The van der Waals surface area contributed by atoms with Gasteiger partial charge in [-0.05, 0) is 24.3 Å². The van der Waals surface area contributed by atoms with E-state index in [-0.39, 0.29) is 0 Å². The molecule has 0 atom stereocenters. The van der Waals surface area contributed by atoms with Crippen LogP contribution in [0.25, 0.3) is 22.3 Å². The van der Waals surface area contributed by atoms with Crippen molar-refractivity contribution in [2.75, 3.05) is 0 Å². The van der Waals surface area contributed by atoms with Gasteiger partial charge in [0.05, 0.1) is 0 Å². The van der Waals surface area contributed by atoms with Crippen LogP contribution in [0, 0.1) is 0 Å². The monoisotopic (exact) mass is 215 g/mol. The smallest absolute Gasteiger partial charge is 0.351 e. The van der Waals surface area contributed by atoms with Gasteiger partial charge in [0.2, 0.25) is 0 Å². The number of nitrogens with one attached hydrogen (secondary N) is 1. The Labute approximate surface area is 90.3 Å². The highest BCUT2D eigenvalue weighted by Crippen LogP contribution is 2.21. The van der Waals surface area contributed by atoms with E-state index in [9.17, 15) is 4.79 Å². The minimum Gasteiger partial charge on any atom is -0.351 e. The summed E-state index contributed by atoms with van der Waals surface area (Å²) in [6, 6.07) is 7.86. The molecule has 0 aliphatic rings. The molecule has 0 bridgehead atoms. The molecule has 16 heavy (non-hydrogen) atoms. The van der Waals surface area contributed by atoms with Crippen LogP contribution in [0.1, 0.15) is 0 Å². The van der Waals surface area contributed by atoms with Crippen molar-refractivity contribution in [1.29, 1.82) is 0 Å². The Kier molecular flexibility index (Phi) is 1.73. The molecule has 0 unspecified atom stereocenters. The molecule has 0 amide bonds. The van der Waals surface area contributed by atoms with Crippen molar-refractivity contribution in [1.82, 2.24) is 14.7 Å². The van der Waals surface area contributed by atoms with Crippen molar-refractivity contribution < 1.29 is 4.52 Å². The molecule has 5 heteroatoms. The largest absolute Gasteiger partial charge is 0.439 e. The Hall–Kier alpha value is -2.30. The standard InChI is InChI=1S/C11H9N3O2/c1-14-5-4-7-6-8(2-3-9(7)14)10-12-11(15)16-13-10/h2-6H,1H3,(H,12,13,15). The predicted octanol–water partition coefficient (Wildman–Crippen LogP) is 1.52. The molecule has 3 rings (SSSR count). The summed E-state index contributed by atoms with van der Waals surface area (Å²) in [5.41, 5.74) is 1.97. The van der Waals surface area contributed by atoms with Crippen molar-refractivity contribution in [2.45, 2.75) is 0 Å². The van der Waals surface area contributed by atoms with Crippen molar-refractivity contribution in [3.05, 3.63) is 41.0 Å². The second kappa shape index (κ2) is 3.10. The molecular weight excluding hydrogens is 206 g/mol. The van der Waals surface area contributed by atoms with Gasteiger partial charge < -0.3 is 4.57 Å². The molecule has 0 saturated carbocycles. The number of hydrogen-bond acceptors (Lipinski definition) is 3. The number of aromatic nitrogens is 3. The van der Waals surface area contributed by atoms with Gasteiger partial charge in [-0.15, -0.1) is 0 Å². The Morgan fingerprint density at radius 1 is 1.38 bits per heavy atom. The van der Waals surface area contributed by atoms with E-state index in [0.717, 1.165) is 16.5 Å². The third-order valence-electron chi connectivity index (χ3n) is 2.60. The predicted molar refractivity (Wildman–Crippen MR) is 59.0 cm³/mol. The van der Waals surface area contributed by atoms with Gasteiger partial charge in [0.25, 0.3) is 0 Å². The summed E-state index contributed by atoms with van der Waals surface area (Å²) in [7, 11) is 1.99. The Morgan fingerprint density at radius 2 is 2.25 bits per heavy atom. The molecule has 2 heterocycles. The maximum Gasteiger partial charge on any atom is 0.439 e. The summed E-state index contributed by atoms with van der Waals surface area (Å²) in [4.78, 5) is 13.4. The van der Waals surface area contributed by atoms with Gasteiger partial charge in [-0.1, -0.05) is 5.16 Å². The quantitative estimate of drug-likeness (QED) is 0.669. The summed E-state index contributed by atoms with van der Waals surface area (Å²) < 4.78 is 6.50. The van der Waals surface area contributed by atoms with Gasteiger partial charge >= 0.3 is 5.76 Å². The van der Waals surface area contributed by atoms with Crippen LogP contribution in [0.3, 0.4) is 0 Å². The normalized spacial score (nSPS) is 11.1. The number of nitrogens with zero attached hydrogens (tertiary/aromatic N) is 2. The molecule has 0 aliphatic heterocycles. The average Bonchev–Trinajstić information content (AvgIpc) is 2.86. The molecular formula is C11H9N3O2. The fourth-order valence-corrected chi connectivity index (χ4v) is 1.78. The van der Waals surface area contributed by atoms with E-state index in [2.05, 4.69) is 14.7 Å².